The first-order valence-corrected chi connectivity index (χ1v) is 5.33. The number of hydrogen-bond acceptors (Lipinski definition) is 3. The third-order valence-electron chi connectivity index (χ3n) is 1.12. The highest BCUT2D eigenvalue weighted by Crippen LogP contribution is 2.06. The highest BCUT2D eigenvalue weighted by Gasteiger charge is 2.19. The van der Waals surface area contributed by atoms with Crippen LogP contribution in [0.2, 0.25) is 0 Å². The summed E-state index contributed by atoms with van der Waals surface area (Å²) in [7, 11) is -3.96. The summed E-state index contributed by atoms with van der Waals surface area (Å²) in [5, 5.41) is 0. The summed E-state index contributed by atoms with van der Waals surface area (Å²) in [5.41, 5.74) is -0.996. The van der Waals surface area contributed by atoms with Gasteiger partial charge in [0.15, 0.2) is 5.44 Å². The van der Waals surface area contributed by atoms with Gasteiger partial charge >= 0.3 is 16.6 Å². The molecule has 0 aliphatic heterocycles. The average Bonchev–Trinajstić information content (AvgIpc) is 1.80. The Balaban J connectivity index is 4.08. The van der Waals surface area contributed by atoms with Crippen molar-refractivity contribution in [3.8, 4) is 0 Å². The van der Waals surface area contributed by atoms with E-state index < -0.39 is 15.6 Å². The van der Waals surface area contributed by atoms with Crippen molar-refractivity contribution in [3.05, 3.63) is 0 Å². The van der Waals surface area contributed by atoms with E-state index in [4.69, 9.17) is 4.55 Å². The van der Waals surface area contributed by atoms with Crippen LogP contribution in [-0.2, 0) is 13.9 Å². The van der Waals surface area contributed by atoms with Gasteiger partial charge < -0.3 is 3.79 Å². The lowest BCUT2D eigenvalue weighted by Gasteiger charge is -2.11. The summed E-state index contributed by atoms with van der Waals surface area (Å²) >= 11 is 0.328. The van der Waals surface area contributed by atoms with Crippen LogP contribution in [0.4, 0.5) is 0 Å². The average molecular weight is 182 g/mol. The van der Waals surface area contributed by atoms with Crippen LogP contribution in [0.1, 0.15) is 19.8 Å². The van der Waals surface area contributed by atoms with Crippen molar-refractivity contribution in [2.24, 2.45) is 0 Å². The molecule has 0 aliphatic carbocycles. The lowest BCUT2D eigenvalue weighted by molar-refractivity contribution is 0.267. The fourth-order valence-electron chi connectivity index (χ4n) is 0.624. The molecule has 0 aromatic rings. The highest BCUT2D eigenvalue weighted by molar-refractivity contribution is 7.86. The monoisotopic (exact) mass is 182 g/mol. The van der Waals surface area contributed by atoms with Crippen LogP contribution in [0.3, 0.4) is 0 Å². The largest absolute Gasteiger partial charge is 0.491 e. The van der Waals surface area contributed by atoms with Crippen molar-refractivity contribution >= 4 is 26.7 Å². The molecule has 0 rings (SSSR count). The second kappa shape index (κ2) is 4.32. The van der Waals surface area contributed by atoms with E-state index in [1.165, 1.54) is 0 Å². The minimum Gasteiger partial charge on any atom is -0.491 e. The van der Waals surface area contributed by atoms with Gasteiger partial charge in [-0.25, -0.2) is 0 Å². The molecule has 0 spiro atoms. The molecule has 6 heteroatoms. The maximum atomic E-state index is 10.4. The van der Waals surface area contributed by atoms with Gasteiger partial charge in [-0.05, 0) is 6.42 Å². The Bertz CT molecular complexity index is 176. The van der Waals surface area contributed by atoms with E-state index in [1.807, 2.05) is 6.92 Å². The van der Waals surface area contributed by atoms with Crippen molar-refractivity contribution in [2.45, 2.75) is 25.2 Å². The topological polar surface area (TPSA) is 63.6 Å². The van der Waals surface area contributed by atoms with Gasteiger partial charge in [-0.1, -0.05) is 13.3 Å². The van der Waals surface area contributed by atoms with Crippen molar-refractivity contribution in [1.82, 2.24) is 0 Å². The molecular weight excluding hydrogens is 171 g/mol. The van der Waals surface area contributed by atoms with Gasteiger partial charge in [0.25, 0.3) is 10.1 Å². The zero-order valence-corrected chi connectivity index (χ0v) is 8.89. The molecule has 1 N–H and O–H groups in total. The lowest BCUT2D eigenvalue weighted by Crippen LogP contribution is -2.22. The van der Waals surface area contributed by atoms with Gasteiger partial charge in [0.05, 0.1) is 0 Å². The Morgan fingerprint density at radius 3 is 2.30 bits per heavy atom. The van der Waals surface area contributed by atoms with E-state index >= 15 is 0 Å². The molecule has 0 aliphatic rings. The van der Waals surface area contributed by atoms with Crippen LogP contribution in [0.25, 0.3) is 0 Å². The van der Waals surface area contributed by atoms with E-state index in [9.17, 15) is 8.42 Å². The summed E-state index contributed by atoms with van der Waals surface area (Å²) in [4.78, 5) is 0. The highest BCUT2D eigenvalue weighted by atomic mass is 32.2. The zero-order chi connectivity index (χ0) is 8.20. The number of hydrogen-bond donors (Lipinski definition) is 1. The molecular formula is C4H11AlO4S. The zero-order valence-electron chi connectivity index (χ0n) is 6.07. The normalized spacial score (nSPS) is 15.0. The van der Waals surface area contributed by atoms with Crippen molar-refractivity contribution in [2.75, 3.05) is 0 Å². The molecule has 0 saturated heterocycles. The van der Waals surface area contributed by atoms with Gasteiger partial charge in [-0.2, -0.15) is 8.42 Å². The fourth-order valence-corrected chi connectivity index (χ4v) is 2.37. The maximum absolute atomic E-state index is 10.4. The summed E-state index contributed by atoms with van der Waals surface area (Å²) in [5.74, 6) is 0. The van der Waals surface area contributed by atoms with Crippen LogP contribution in [0, 0.1) is 0 Å². The van der Waals surface area contributed by atoms with E-state index in [0.717, 1.165) is 0 Å². The van der Waals surface area contributed by atoms with E-state index in [-0.39, 0.29) is 0 Å². The minimum absolute atomic E-state index is 0.328. The molecule has 1 atom stereocenters. The van der Waals surface area contributed by atoms with Gasteiger partial charge in [-0.3, -0.25) is 4.55 Å². The van der Waals surface area contributed by atoms with E-state index in [2.05, 4.69) is 3.79 Å². The third-order valence-corrected chi connectivity index (χ3v) is 3.12. The molecule has 0 bridgehead atoms. The molecule has 60 valence electrons. The first-order chi connectivity index (χ1) is 4.52. The summed E-state index contributed by atoms with van der Waals surface area (Å²) in [6.45, 7) is 1.83. The van der Waals surface area contributed by atoms with Crippen molar-refractivity contribution in [3.63, 3.8) is 0 Å². The van der Waals surface area contributed by atoms with Crippen molar-refractivity contribution in [1.29, 1.82) is 0 Å². The minimum atomic E-state index is -3.96. The second-order valence-corrected chi connectivity index (χ2v) is 4.00. The van der Waals surface area contributed by atoms with Crippen LogP contribution in [-0.4, -0.2) is 35.0 Å². The first-order valence-electron chi connectivity index (χ1n) is 3.01. The third kappa shape index (κ3) is 3.54. The van der Waals surface area contributed by atoms with Crippen LogP contribution < -0.4 is 0 Å². The Morgan fingerprint density at radius 2 is 2.20 bits per heavy atom. The summed E-state index contributed by atoms with van der Waals surface area (Å²) in [6, 6.07) is 0. The van der Waals surface area contributed by atoms with Gasteiger partial charge in [0.1, 0.15) is 0 Å². The molecule has 0 saturated carbocycles. The predicted octanol–water partition coefficient (Wildman–Crippen LogP) is -0.435. The van der Waals surface area contributed by atoms with Crippen LogP contribution in [0.15, 0.2) is 0 Å². The smallest absolute Gasteiger partial charge is 0.411 e. The molecule has 10 heavy (non-hydrogen) atoms. The second-order valence-electron chi connectivity index (χ2n) is 1.97. The first kappa shape index (κ1) is 10.4. The van der Waals surface area contributed by atoms with Gasteiger partial charge in [-0.15, -0.1) is 0 Å². The molecule has 4 nitrogen and oxygen atoms in total. The van der Waals surface area contributed by atoms with E-state index in [0.29, 0.717) is 29.5 Å². The van der Waals surface area contributed by atoms with Gasteiger partial charge in [0, 0.05) is 0 Å². The maximum Gasteiger partial charge on any atom is 0.411 e. The molecule has 0 aromatic carbocycles. The SMILES string of the molecule is CCCC([O][AlH2])S(=O)(=O)O. The molecule has 0 fully saturated rings. The van der Waals surface area contributed by atoms with E-state index in [1.54, 1.807) is 0 Å². The standard InChI is InChI=1S/C4H9O4S.Al.2H/c1-2-3-4(5)9(6,7)8;;;/h4H,2-3H2,1H3,(H,6,7,8);;;/q-1;+1;;. The Morgan fingerprint density at radius 1 is 1.70 bits per heavy atom. The predicted molar refractivity (Wildman–Crippen MR) is 39.9 cm³/mol. The van der Waals surface area contributed by atoms with Gasteiger partial charge in [0.2, 0.25) is 0 Å². The Labute approximate surface area is 69.1 Å². The Kier molecular flexibility index (Phi) is 4.49. The molecule has 0 radical (unpaired) electrons. The molecule has 0 heterocycles. The van der Waals surface area contributed by atoms with Crippen molar-refractivity contribution < 1.29 is 16.8 Å². The molecule has 0 amide bonds. The Hall–Kier alpha value is 0.402. The summed E-state index contributed by atoms with van der Waals surface area (Å²) in [6.07, 6.45) is 1.05. The quantitative estimate of drug-likeness (QED) is 0.473. The van der Waals surface area contributed by atoms with Crippen LogP contribution in [0.5, 0.6) is 0 Å². The van der Waals surface area contributed by atoms with Crippen LogP contribution >= 0.6 is 0 Å². The number of rotatable bonds is 4. The lowest BCUT2D eigenvalue weighted by atomic mass is 10.4. The summed E-state index contributed by atoms with van der Waals surface area (Å²) < 4.78 is 33.9. The fraction of sp³-hybridized carbons (Fsp3) is 1.00. The molecule has 1 unspecified atom stereocenters. The molecule has 0 aromatic heterocycles.